The maximum absolute atomic E-state index is 13.0. The molecule has 0 saturated carbocycles. The van der Waals surface area contributed by atoms with E-state index in [4.69, 9.17) is 0 Å². The van der Waals surface area contributed by atoms with Crippen LogP contribution in [0.1, 0.15) is 30.4 Å². The van der Waals surface area contributed by atoms with E-state index >= 15 is 0 Å². The number of likely N-dealkylation sites (tertiary alicyclic amines) is 1. The molecule has 0 spiro atoms. The molecule has 3 rings (SSSR count). The number of hydrogen-bond acceptors (Lipinski definition) is 2. The third-order valence-electron chi connectivity index (χ3n) is 4.96. The number of hydrogen-bond donors (Lipinski definition) is 0. The fraction of sp³-hybridized carbons (Fsp3) is 0.381. The average Bonchev–Trinajstić information content (AvgIpc) is 2.80. The molecule has 1 atom stereocenters. The van der Waals surface area contributed by atoms with Crippen molar-refractivity contribution in [3.8, 4) is 0 Å². The molecule has 3 nitrogen and oxygen atoms in total. The van der Waals surface area contributed by atoms with Gasteiger partial charge in [0.1, 0.15) is 5.82 Å². The Morgan fingerprint density at radius 3 is 2.48 bits per heavy atom. The minimum Gasteiger partial charge on any atom is -0.338 e. The van der Waals surface area contributed by atoms with Gasteiger partial charge in [0.25, 0.3) is 0 Å². The molecule has 4 heteroatoms. The van der Waals surface area contributed by atoms with Crippen molar-refractivity contribution in [3.63, 3.8) is 0 Å². The highest BCUT2D eigenvalue weighted by atomic mass is 19.1. The SMILES string of the molecule is CN(Cc1ccccc1)C1CCC(=O)N(Cc2ccc(F)cc2)CC1. The monoisotopic (exact) mass is 340 g/mol. The highest BCUT2D eigenvalue weighted by Gasteiger charge is 2.24. The van der Waals surface area contributed by atoms with E-state index in [1.807, 2.05) is 11.0 Å². The molecule has 0 N–H and O–H groups in total. The summed E-state index contributed by atoms with van der Waals surface area (Å²) in [5.41, 5.74) is 2.27. The Morgan fingerprint density at radius 2 is 1.76 bits per heavy atom. The van der Waals surface area contributed by atoms with Gasteiger partial charge in [0.05, 0.1) is 0 Å². The summed E-state index contributed by atoms with van der Waals surface area (Å²) in [4.78, 5) is 16.7. The quantitative estimate of drug-likeness (QED) is 0.826. The lowest BCUT2D eigenvalue weighted by Crippen LogP contribution is -2.33. The van der Waals surface area contributed by atoms with Gasteiger partial charge in [0.15, 0.2) is 0 Å². The van der Waals surface area contributed by atoms with Gasteiger partial charge in [0.2, 0.25) is 5.91 Å². The Morgan fingerprint density at radius 1 is 1.04 bits per heavy atom. The van der Waals surface area contributed by atoms with E-state index in [0.29, 0.717) is 19.0 Å². The minimum atomic E-state index is -0.242. The molecule has 1 amide bonds. The van der Waals surface area contributed by atoms with Crippen molar-refractivity contribution in [1.29, 1.82) is 0 Å². The van der Waals surface area contributed by atoms with Crippen LogP contribution in [-0.4, -0.2) is 35.3 Å². The summed E-state index contributed by atoms with van der Waals surface area (Å²) >= 11 is 0. The Balaban J connectivity index is 1.58. The molecular weight excluding hydrogens is 315 g/mol. The zero-order valence-corrected chi connectivity index (χ0v) is 14.7. The number of carbonyl (C=O) groups is 1. The van der Waals surface area contributed by atoms with Crippen LogP contribution in [0.25, 0.3) is 0 Å². The van der Waals surface area contributed by atoms with Crippen LogP contribution < -0.4 is 0 Å². The van der Waals surface area contributed by atoms with Crippen molar-refractivity contribution in [2.45, 2.75) is 38.4 Å². The second-order valence-electron chi connectivity index (χ2n) is 6.82. The number of carbonyl (C=O) groups excluding carboxylic acids is 1. The Labute approximate surface area is 149 Å². The van der Waals surface area contributed by atoms with E-state index in [1.165, 1.54) is 17.7 Å². The first-order valence-corrected chi connectivity index (χ1v) is 8.88. The predicted octanol–water partition coefficient (Wildman–Crippen LogP) is 3.84. The fourth-order valence-electron chi connectivity index (χ4n) is 3.44. The molecule has 1 fully saturated rings. The summed E-state index contributed by atoms with van der Waals surface area (Å²) in [6, 6.07) is 17.2. The maximum Gasteiger partial charge on any atom is 0.222 e. The summed E-state index contributed by atoms with van der Waals surface area (Å²) in [6.45, 7) is 2.21. The van der Waals surface area contributed by atoms with Gasteiger partial charge in [-0.3, -0.25) is 9.69 Å². The topological polar surface area (TPSA) is 23.6 Å². The minimum absolute atomic E-state index is 0.194. The fourth-order valence-corrected chi connectivity index (χ4v) is 3.44. The van der Waals surface area contributed by atoms with Crippen molar-refractivity contribution >= 4 is 5.91 Å². The molecule has 0 bridgehead atoms. The van der Waals surface area contributed by atoms with Crippen LogP contribution in [0.5, 0.6) is 0 Å². The smallest absolute Gasteiger partial charge is 0.222 e. The average molecular weight is 340 g/mol. The van der Waals surface area contributed by atoms with Crippen molar-refractivity contribution in [2.75, 3.05) is 13.6 Å². The van der Waals surface area contributed by atoms with Gasteiger partial charge in [-0.05, 0) is 43.1 Å². The second kappa shape index (κ2) is 8.26. The van der Waals surface area contributed by atoms with Crippen LogP contribution in [0.3, 0.4) is 0 Å². The number of benzene rings is 2. The van der Waals surface area contributed by atoms with Crippen LogP contribution in [0.15, 0.2) is 54.6 Å². The highest BCUT2D eigenvalue weighted by Crippen LogP contribution is 2.20. The summed E-state index contributed by atoms with van der Waals surface area (Å²) in [7, 11) is 2.14. The molecule has 1 heterocycles. The predicted molar refractivity (Wildman–Crippen MR) is 97.4 cm³/mol. The summed E-state index contributed by atoms with van der Waals surface area (Å²) < 4.78 is 13.0. The molecule has 2 aromatic carbocycles. The molecule has 0 aromatic heterocycles. The van der Waals surface area contributed by atoms with Gasteiger partial charge in [0, 0.05) is 32.1 Å². The van der Waals surface area contributed by atoms with Crippen LogP contribution in [0.4, 0.5) is 4.39 Å². The Kier molecular flexibility index (Phi) is 5.82. The highest BCUT2D eigenvalue weighted by molar-refractivity contribution is 5.76. The van der Waals surface area contributed by atoms with E-state index in [0.717, 1.165) is 31.5 Å². The van der Waals surface area contributed by atoms with Gasteiger partial charge in [-0.25, -0.2) is 4.39 Å². The van der Waals surface area contributed by atoms with Crippen LogP contribution in [0.2, 0.25) is 0 Å². The summed E-state index contributed by atoms with van der Waals surface area (Å²) in [6.07, 6.45) is 2.43. The lowest BCUT2D eigenvalue weighted by molar-refractivity contribution is -0.131. The molecule has 2 aromatic rings. The standard InChI is InChI=1S/C21H25FN2O/c1-23(15-17-5-3-2-4-6-17)20-11-12-21(25)24(14-13-20)16-18-7-9-19(22)10-8-18/h2-10,20H,11-16H2,1H3. The molecule has 1 aliphatic rings. The largest absolute Gasteiger partial charge is 0.338 e. The van der Waals surface area contributed by atoms with Crippen LogP contribution in [0, 0.1) is 5.82 Å². The van der Waals surface area contributed by atoms with Crippen LogP contribution in [-0.2, 0) is 17.9 Å². The zero-order chi connectivity index (χ0) is 17.6. The number of halogens is 1. The third kappa shape index (κ3) is 4.89. The molecule has 1 unspecified atom stereocenters. The van der Waals surface area contributed by atoms with Crippen molar-refractivity contribution < 1.29 is 9.18 Å². The van der Waals surface area contributed by atoms with Crippen molar-refractivity contribution in [2.24, 2.45) is 0 Å². The van der Waals surface area contributed by atoms with Crippen molar-refractivity contribution in [3.05, 3.63) is 71.5 Å². The Bertz CT molecular complexity index is 687. The number of rotatable bonds is 5. The lowest BCUT2D eigenvalue weighted by Gasteiger charge is -2.27. The van der Waals surface area contributed by atoms with Gasteiger partial charge < -0.3 is 4.90 Å². The van der Waals surface area contributed by atoms with E-state index in [2.05, 4.69) is 36.2 Å². The normalized spacial score (nSPS) is 18.4. The third-order valence-corrected chi connectivity index (χ3v) is 4.96. The lowest BCUT2D eigenvalue weighted by atomic mass is 10.1. The van der Waals surface area contributed by atoms with Gasteiger partial charge >= 0.3 is 0 Å². The number of nitrogens with zero attached hydrogens (tertiary/aromatic N) is 2. The maximum atomic E-state index is 13.0. The van der Waals surface area contributed by atoms with E-state index in [1.54, 1.807) is 12.1 Å². The molecule has 25 heavy (non-hydrogen) atoms. The molecule has 1 saturated heterocycles. The van der Waals surface area contributed by atoms with Crippen molar-refractivity contribution in [1.82, 2.24) is 9.80 Å². The molecule has 132 valence electrons. The first kappa shape index (κ1) is 17.6. The molecule has 1 aliphatic heterocycles. The van der Waals surface area contributed by atoms with E-state index in [9.17, 15) is 9.18 Å². The molecule has 0 aliphatic carbocycles. The van der Waals surface area contributed by atoms with Gasteiger partial charge in [-0.2, -0.15) is 0 Å². The summed E-state index contributed by atoms with van der Waals surface area (Å²) in [5, 5.41) is 0. The first-order chi connectivity index (χ1) is 12.1. The molecule has 0 radical (unpaired) electrons. The van der Waals surface area contributed by atoms with E-state index in [-0.39, 0.29) is 11.7 Å². The van der Waals surface area contributed by atoms with Gasteiger partial charge in [-0.15, -0.1) is 0 Å². The zero-order valence-electron chi connectivity index (χ0n) is 14.7. The summed E-state index contributed by atoms with van der Waals surface area (Å²) in [5.74, 6) is -0.0477. The first-order valence-electron chi connectivity index (χ1n) is 8.88. The van der Waals surface area contributed by atoms with E-state index < -0.39 is 0 Å². The second-order valence-corrected chi connectivity index (χ2v) is 6.82. The number of amides is 1. The Hall–Kier alpha value is -2.20. The van der Waals surface area contributed by atoms with Crippen LogP contribution >= 0.6 is 0 Å². The van der Waals surface area contributed by atoms with Gasteiger partial charge in [-0.1, -0.05) is 42.5 Å². The molecular formula is C21H25FN2O.